The molecule has 1 heterocycles. The third kappa shape index (κ3) is 2.41. The van der Waals surface area contributed by atoms with Gasteiger partial charge in [0.15, 0.2) is 0 Å². The lowest BCUT2D eigenvalue weighted by atomic mass is 9.92. The number of nitrogens with two attached hydrogens (primary N) is 1. The van der Waals surface area contributed by atoms with Crippen LogP contribution < -0.4 is 21.5 Å². The van der Waals surface area contributed by atoms with Crippen molar-refractivity contribution in [3.63, 3.8) is 0 Å². The summed E-state index contributed by atoms with van der Waals surface area (Å²) in [6.07, 6.45) is 5.08. The maximum Gasteiger partial charge on any atom is 0.253 e. The Morgan fingerprint density at radius 1 is 1.28 bits per heavy atom. The fraction of sp³-hybridized carbons (Fsp3) is 0.692. The molecule has 1 aromatic rings. The van der Waals surface area contributed by atoms with E-state index < -0.39 is 10.9 Å². The summed E-state index contributed by atoms with van der Waals surface area (Å²) in [4.78, 5) is 24.6. The standard InChI is InChI=1S/C13H20N2O3/c14-10-11(13(18)12(10)17)15-6-3-5-9(8-15)4-1-2-7-16/h9,16H,1-8,14H2. The fourth-order valence-electron chi connectivity index (χ4n) is 2.76. The van der Waals surface area contributed by atoms with Crippen LogP contribution in [0.4, 0.5) is 11.4 Å². The van der Waals surface area contributed by atoms with Crippen molar-refractivity contribution in [2.45, 2.75) is 32.1 Å². The Balaban J connectivity index is 1.95. The first-order valence-electron chi connectivity index (χ1n) is 6.59. The van der Waals surface area contributed by atoms with Gasteiger partial charge in [-0.1, -0.05) is 6.42 Å². The van der Waals surface area contributed by atoms with Gasteiger partial charge in [0.05, 0.1) is 0 Å². The molecule has 0 saturated carbocycles. The third-order valence-corrected chi connectivity index (χ3v) is 3.78. The Labute approximate surface area is 106 Å². The number of anilines is 2. The average molecular weight is 252 g/mol. The Hall–Kier alpha value is -1.36. The smallest absolute Gasteiger partial charge is 0.253 e. The predicted molar refractivity (Wildman–Crippen MR) is 71.6 cm³/mol. The minimum Gasteiger partial charge on any atom is -0.396 e. The molecule has 18 heavy (non-hydrogen) atoms. The van der Waals surface area contributed by atoms with Gasteiger partial charge in [0.2, 0.25) is 0 Å². The highest BCUT2D eigenvalue weighted by Gasteiger charge is 2.27. The Bertz CT molecular complexity index is 477. The lowest BCUT2D eigenvalue weighted by molar-refractivity contribution is 0.273. The van der Waals surface area contributed by atoms with Gasteiger partial charge in [-0.05, 0) is 31.6 Å². The van der Waals surface area contributed by atoms with E-state index in [1.54, 1.807) is 0 Å². The van der Waals surface area contributed by atoms with Crippen molar-refractivity contribution in [3.8, 4) is 0 Å². The summed E-state index contributed by atoms with van der Waals surface area (Å²) in [5.41, 5.74) is 5.20. The zero-order valence-corrected chi connectivity index (χ0v) is 10.5. The SMILES string of the molecule is Nc1c(N2CCCC(CCCCO)C2)c(=O)c1=O. The molecule has 100 valence electrons. The fourth-order valence-corrected chi connectivity index (χ4v) is 2.76. The lowest BCUT2D eigenvalue weighted by Crippen LogP contribution is -2.46. The minimum absolute atomic E-state index is 0.135. The first-order chi connectivity index (χ1) is 8.65. The summed E-state index contributed by atoms with van der Waals surface area (Å²) in [6, 6.07) is 0. The maximum atomic E-state index is 11.5. The van der Waals surface area contributed by atoms with E-state index >= 15 is 0 Å². The molecule has 1 aliphatic heterocycles. The van der Waals surface area contributed by atoms with Crippen molar-refractivity contribution in [2.24, 2.45) is 5.92 Å². The first kappa shape index (κ1) is 13.1. The number of hydrogen-bond donors (Lipinski definition) is 2. The normalized spacial score (nSPS) is 20.5. The highest BCUT2D eigenvalue weighted by atomic mass is 16.3. The van der Waals surface area contributed by atoms with E-state index in [1.165, 1.54) is 0 Å². The van der Waals surface area contributed by atoms with Gasteiger partial charge >= 0.3 is 0 Å². The molecule has 0 bridgehead atoms. The van der Waals surface area contributed by atoms with Crippen molar-refractivity contribution < 1.29 is 5.11 Å². The monoisotopic (exact) mass is 252 g/mol. The number of nitrogens with zero attached hydrogens (tertiary/aromatic N) is 1. The quantitative estimate of drug-likeness (QED) is 0.579. The van der Waals surface area contributed by atoms with E-state index in [-0.39, 0.29) is 12.3 Å². The largest absolute Gasteiger partial charge is 0.396 e. The van der Waals surface area contributed by atoms with Crippen molar-refractivity contribution in [1.82, 2.24) is 0 Å². The van der Waals surface area contributed by atoms with Crippen LogP contribution in [0.1, 0.15) is 32.1 Å². The van der Waals surface area contributed by atoms with Gasteiger partial charge in [-0.3, -0.25) is 9.59 Å². The molecule has 5 heteroatoms. The molecule has 0 spiro atoms. The summed E-state index contributed by atoms with van der Waals surface area (Å²) in [5, 5.41) is 8.77. The lowest BCUT2D eigenvalue weighted by Gasteiger charge is -2.35. The number of nitrogen functional groups attached to an aromatic ring is 1. The predicted octanol–water partition coefficient (Wildman–Crippen LogP) is 0.244. The van der Waals surface area contributed by atoms with Crippen molar-refractivity contribution in [2.75, 3.05) is 30.3 Å². The van der Waals surface area contributed by atoms with Crippen LogP contribution in [0.15, 0.2) is 9.59 Å². The second kappa shape index (κ2) is 5.52. The molecule has 0 radical (unpaired) electrons. The van der Waals surface area contributed by atoms with E-state index in [0.29, 0.717) is 11.6 Å². The van der Waals surface area contributed by atoms with E-state index in [1.807, 2.05) is 4.90 Å². The van der Waals surface area contributed by atoms with Crippen LogP contribution in [0.2, 0.25) is 0 Å². The van der Waals surface area contributed by atoms with Gasteiger partial charge in [0, 0.05) is 19.7 Å². The zero-order chi connectivity index (χ0) is 13.1. The molecule has 1 aliphatic rings. The summed E-state index contributed by atoms with van der Waals surface area (Å²) >= 11 is 0. The molecule has 1 atom stereocenters. The molecule has 1 saturated heterocycles. The average Bonchev–Trinajstić information content (AvgIpc) is 2.39. The number of hydrogen-bond acceptors (Lipinski definition) is 5. The highest BCUT2D eigenvalue weighted by molar-refractivity contribution is 5.72. The third-order valence-electron chi connectivity index (χ3n) is 3.78. The summed E-state index contributed by atoms with van der Waals surface area (Å²) in [7, 11) is 0. The summed E-state index contributed by atoms with van der Waals surface area (Å²) < 4.78 is 0. The van der Waals surface area contributed by atoms with Crippen LogP contribution in [-0.4, -0.2) is 24.8 Å². The number of unbranched alkanes of at least 4 members (excludes halogenated alkanes) is 1. The second-order valence-electron chi connectivity index (χ2n) is 5.09. The Kier molecular flexibility index (Phi) is 4.01. The Morgan fingerprint density at radius 3 is 2.72 bits per heavy atom. The minimum atomic E-state index is -0.535. The van der Waals surface area contributed by atoms with Gasteiger partial charge in [-0.2, -0.15) is 0 Å². The van der Waals surface area contributed by atoms with Crippen LogP contribution in [0.25, 0.3) is 0 Å². The van der Waals surface area contributed by atoms with Crippen LogP contribution in [0.5, 0.6) is 0 Å². The summed E-state index contributed by atoms with van der Waals surface area (Å²) in [6.45, 7) is 1.85. The molecule has 0 aromatic heterocycles. The number of aliphatic hydroxyl groups excluding tert-OH is 1. The molecule has 1 fully saturated rings. The van der Waals surface area contributed by atoms with E-state index in [4.69, 9.17) is 10.8 Å². The topological polar surface area (TPSA) is 83.6 Å². The molecular formula is C13H20N2O3. The highest BCUT2D eigenvalue weighted by Crippen LogP contribution is 2.27. The number of rotatable bonds is 5. The molecular weight excluding hydrogens is 232 g/mol. The molecule has 2 rings (SSSR count). The summed E-state index contributed by atoms with van der Waals surface area (Å²) in [5.74, 6) is 0.536. The van der Waals surface area contributed by atoms with Gasteiger partial charge in [-0.25, -0.2) is 0 Å². The molecule has 5 nitrogen and oxygen atoms in total. The van der Waals surface area contributed by atoms with Gasteiger partial charge < -0.3 is 15.7 Å². The van der Waals surface area contributed by atoms with Crippen LogP contribution in [-0.2, 0) is 0 Å². The maximum absolute atomic E-state index is 11.5. The van der Waals surface area contributed by atoms with Gasteiger partial charge in [-0.15, -0.1) is 0 Å². The van der Waals surface area contributed by atoms with Crippen molar-refractivity contribution in [1.29, 1.82) is 0 Å². The molecule has 1 unspecified atom stereocenters. The van der Waals surface area contributed by atoms with E-state index in [9.17, 15) is 9.59 Å². The Morgan fingerprint density at radius 2 is 2.06 bits per heavy atom. The van der Waals surface area contributed by atoms with Crippen molar-refractivity contribution in [3.05, 3.63) is 20.4 Å². The van der Waals surface area contributed by atoms with Gasteiger partial charge in [0.1, 0.15) is 11.4 Å². The number of aliphatic hydroxyl groups is 1. The van der Waals surface area contributed by atoms with Crippen molar-refractivity contribution >= 4 is 11.4 Å². The molecule has 0 aliphatic carbocycles. The molecule has 1 aromatic carbocycles. The zero-order valence-electron chi connectivity index (χ0n) is 10.5. The van der Waals surface area contributed by atoms with Crippen LogP contribution in [0.3, 0.4) is 0 Å². The molecule has 3 N–H and O–H groups in total. The van der Waals surface area contributed by atoms with Crippen LogP contribution in [0, 0.1) is 5.92 Å². The van der Waals surface area contributed by atoms with E-state index in [2.05, 4.69) is 0 Å². The van der Waals surface area contributed by atoms with Gasteiger partial charge in [0.25, 0.3) is 10.9 Å². The number of piperidine rings is 1. The molecule has 0 amide bonds. The second-order valence-corrected chi connectivity index (χ2v) is 5.09. The van der Waals surface area contributed by atoms with Crippen LogP contribution >= 0.6 is 0 Å². The van der Waals surface area contributed by atoms with E-state index in [0.717, 1.165) is 45.2 Å². The first-order valence-corrected chi connectivity index (χ1v) is 6.59.